The van der Waals surface area contributed by atoms with Crippen LogP contribution in [0.4, 0.5) is 5.69 Å². The van der Waals surface area contributed by atoms with Crippen LogP contribution >= 0.6 is 0 Å². The lowest BCUT2D eigenvalue weighted by atomic mass is 10.2. The molecule has 0 fully saturated rings. The van der Waals surface area contributed by atoms with Crippen molar-refractivity contribution in [2.75, 3.05) is 6.61 Å². The fourth-order valence-electron chi connectivity index (χ4n) is 1.01. The Morgan fingerprint density at radius 1 is 1.41 bits per heavy atom. The smallest absolute Gasteiger partial charge is 0.384 e. The second-order valence-electron chi connectivity index (χ2n) is 2.96. The maximum atomic E-state index is 10.9. The van der Waals surface area contributed by atoms with E-state index in [0.29, 0.717) is 5.56 Å². The second kappa shape index (κ2) is 6.25. The van der Waals surface area contributed by atoms with Crippen LogP contribution in [0.1, 0.15) is 5.56 Å². The third kappa shape index (κ3) is 4.32. The Morgan fingerprint density at radius 3 is 2.59 bits per heavy atom. The Balaban J connectivity index is 2.53. The number of nitro groups is 1. The summed E-state index contributed by atoms with van der Waals surface area (Å²) in [5.41, 5.74) is 0.592. The highest BCUT2D eigenvalue weighted by molar-refractivity contribution is 5.88. The van der Waals surface area contributed by atoms with Gasteiger partial charge in [0.1, 0.15) is 13.2 Å². The number of carbonyl (C=O) groups is 1. The van der Waals surface area contributed by atoms with Gasteiger partial charge in [0.25, 0.3) is 5.69 Å². The molecule has 0 unspecified atom stereocenters. The van der Waals surface area contributed by atoms with Gasteiger partial charge in [0.05, 0.1) is 4.92 Å². The molecule has 0 aliphatic heterocycles. The van der Waals surface area contributed by atoms with Gasteiger partial charge in [-0.2, -0.15) is 0 Å². The van der Waals surface area contributed by atoms with E-state index in [0.717, 1.165) is 0 Å². The van der Waals surface area contributed by atoms with Gasteiger partial charge in [0, 0.05) is 18.1 Å². The van der Waals surface area contributed by atoms with Crippen molar-refractivity contribution in [1.82, 2.24) is 0 Å². The first kappa shape index (κ1) is 12.7. The number of ether oxygens (including phenoxy) is 1. The molecule has 6 nitrogen and oxygen atoms in total. The molecule has 0 radical (unpaired) electrons. The number of hydrogen-bond donors (Lipinski definition) is 1. The summed E-state index contributed by atoms with van der Waals surface area (Å²) in [7, 11) is 0. The Bertz CT molecular complexity index is 469. The van der Waals surface area contributed by atoms with E-state index in [1.807, 2.05) is 0 Å². The summed E-state index contributed by atoms with van der Waals surface area (Å²) >= 11 is 0. The number of nitro benzene ring substituents is 1. The van der Waals surface area contributed by atoms with E-state index in [1.54, 1.807) is 0 Å². The number of aliphatic hydroxyl groups excluding tert-OH is 1. The molecule has 0 saturated heterocycles. The fraction of sp³-hybridized carbons (Fsp3) is 0.182. The van der Waals surface area contributed by atoms with E-state index in [1.165, 1.54) is 24.3 Å². The van der Waals surface area contributed by atoms with E-state index in [-0.39, 0.29) is 12.3 Å². The van der Waals surface area contributed by atoms with Gasteiger partial charge < -0.3 is 9.84 Å². The lowest BCUT2D eigenvalue weighted by Crippen LogP contribution is -2.01. The molecule has 0 aromatic heterocycles. The Hall–Kier alpha value is -2.39. The first-order valence-corrected chi connectivity index (χ1v) is 4.63. The number of esters is 1. The van der Waals surface area contributed by atoms with Crippen LogP contribution in [-0.4, -0.2) is 22.6 Å². The van der Waals surface area contributed by atoms with Crippen LogP contribution in [-0.2, 0) is 16.1 Å². The van der Waals surface area contributed by atoms with Gasteiger partial charge in [0.2, 0.25) is 0 Å². The summed E-state index contributed by atoms with van der Waals surface area (Å²) in [6.45, 7) is -0.427. The second-order valence-corrected chi connectivity index (χ2v) is 2.96. The maximum Gasteiger partial charge on any atom is 0.384 e. The van der Waals surface area contributed by atoms with Crippen molar-refractivity contribution in [1.29, 1.82) is 0 Å². The average Bonchev–Trinajstić information content (AvgIpc) is 2.34. The SMILES string of the molecule is O=C(C#CCO)OCc1ccc([N+](=O)[O-])cc1. The summed E-state index contributed by atoms with van der Waals surface area (Å²) < 4.78 is 4.74. The molecule has 17 heavy (non-hydrogen) atoms. The van der Waals surface area contributed by atoms with E-state index in [2.05, 4.69) is 11.8 Å². The minimum atomic E-state index is -0.752. The molecule has 0 amide bonds. The van der Waals surface area contributed by atoms with E-state index in [4.69, 9.17) is 9.84 Å². The summed E-state index contributed by atoms with van der Waals surface area (Å²) in [6, 6.07) is 5.63. The molecule has 0 spiro atoms. The van der Waals surface area contributed by atoms with E-state index >= 15 is 0 Å². The van der Waals surface area contributed by atoms with Crippen molar-refractivity contribution in [3.05, 3.63) is 39.9 Å². The Kier molecular flexibility index (Phi) is 4.66. The van der Waals surface area contributed by atoms with Crippen molar-refractivity contribution < 1.29 is 19.6 Å². The first-order valence-electron chi connectivity index (χ1n) is 4.63. The van der Waals surface area contributed by atoms with Gasteiger partial charge in [0.15, 0.2) is 0 Å². The minimum absolute atomic E-state index is 0.0169. The Labute approximate surface area is 97.0 Å². The summed E-state index contributed by atoms with van der Waals surface area (Å²) in [4.78, 5) is 20.8. The lowest BCUT2D eigenvalue weighted by molar-refractivity contribution is -0.384. The molecule has 0 bridgehead atoms. The largest absolute Gasteiger partial charge is 0.451 e. The number of aliphatic hydroxyl groups is 1. The molecule has 0 aliphatic carbocycles. The van der Waals surface area contributed by atoms with Gasteiger partial charge in [-0.1, -0.05) is 5.92 Å². The summed E-state index contributed by atoms with van der Waals surface area (Å²) in [6.07, 6.45) is 0. The van der Waals surface area contributed by atoms with Crippen LogP contribution < -0.4 is 0 Å². The topological polar surface area (TPSA) is 89.7 Å². The van der Waals surface area contributed by atoms with E-state index < -0.39 is 17.5 Å². The molecular weight excluding hydrogens is 226 g/mol. The molecule has 1 rings (SSSR count). The maximum absolute atomic E-state index is 10.9. The predicted octanol–water partition coefficient (Wildman–Crippen LogP) is 0.634. The normalized spacial score (nSPS) is 9.00. The average molecular weight is 235 g/mol. The molecule has 1 aromatic rings. The minimum Gasteiger partial charge on any atom is -0.451 e. The van der Waals surface area contributed by atoms with Crippen LogP contribution in [0.2, 0.25) is 0 Å². The molecule has 0 saturated carbocycles. The molecule has 0 aliphatic rings. The molecule has 0 heterocycles. The Morgan fingerprint density at radius 2 is 2.06 bits per heavy atom. The van der Waals surface area contributed by atoms with Gasteiger partial charge in [-0.25, -0.2) is 4.79 Å². The van der Waals surface area contributed by atoms with Crippen molar-refractivity contribution in [2.45, 2.75) is 6.61 Å². The monoisotopic (exact) mass is 235 g/mol. The zero-order valence-corrected chi connectivity index (χ0v) is 8.75. The standard InChI is InChI=1S/C11H9NO5/c13-7-1-2-11(14)17-8-9-3-5-10(6-4-9)12(15)16/h3-6,13H,7-8H2. The molecule has 1 N–H and O–H groups in total. The number of benzene rings is 1. The quantitative estimate of drug-likeness (QED) is 0.273. The molecular formula is C11H9NO5. The lowest BCUT2D eigenvalue weighted by Gasteiger charge is -2.00. The van der Waals surface area contributed by atoms with Crippen LogP contribution in [0.25, 0.3) is 0 Å². The predicted molar refractivity (Wildman–Crippen MR) is 57.8 cm³/mol. The number of non-ortho nitro benzene ring substituents is 1. The van der Waals surface area contributed by atoms with Crippen molar-refractivity contribution in [3.8, 4) is 11.8 Å². The number of nitrogens with zero attached hydrogens (tertiary/aromatic N) is 1. The summed E-state index contributed by atoms with van der Waals surface area (Å²) in [5.74, 6) is 3.46. The highest BCUT2D eigenvalue weighted by Crippen LogP contribution is 2.12. The van der Waals surface area contributed by atoms with Crippen LogP contribution in [0.15, 0.2) is 24.3 Å². The fourth-order valence-corrected chi connectivity index (χ4v) is 1.01. The number of rotatable bonds is 3. The van der Waals surface area contributed by atoms with Crippen LogP contribution in [0.3, 0.4) is 0 Å². The molecule has 0 atom stereocenters. The summed E-state index contributed by atoms with van der Waals surface area (Å²) in [5, 5.41) is 18.7. The molecule has 88 valence electrons. The van der Waals surface area contributed by atoms with Crippen molar-refractivity contribution in [2.24, 2.45) is 0 Å². The third-order valence-corrected chi connectivity index (χ3v) is 1.79. The van der Waals surface area contributed by atoms with Gasteiger partial charge in [-0.15, -0.1) is 0 Å². The highest BCUT2D eigenvalue weighted by atomic mass is 16.6. The van der Waals surface area contributed by atoms with Crippen molar-refractivity contribution >= 4 is 11.7 Å². The highest BCUT2D eigenvalue weighted by Gasteiger charge is 2.04. The molecule has 1 aromatic carbocycles. The van der Waals surface area contributed by atoms with Crippen LogP contribution in [0.5, 0.6) is 0 Å². The van der Waals surface area contributed by atoms with Crippen molar-refractivity contribution in [3.63, 3.8) is 0 Å². The van der Waals surface area contributed by atoms with Crippen LogP contribution in [0, 0.1) is 22.0 Å². The molecule has 6 heteroatoms. The zero-order valence-electron chi connectivity index (χ0n) is 8.75. The van der Waals surface area contributed by atoms with Gasteiger partial charge >= 0.3 is 5.97 Å². The van der Waals surface area contributed by atoms with Gasteiger partial charge in [-0.3, -0.25) is 10.1 Å². The zero-order chi connectivity index (χ0) is 12.7. The van der Waals surface area contributed by atoms with Gasteiger partial charge in [-0.05, 0) is 17.7 Å². The van der Waals surface area contributed by atoms with E-state index in [9.17, 15) is 14.9 Å². The number of carbonyl (C=O) groups excluding carboxylic acids is 1. The first-order chi connectivity index (χ1) is 8.13. The third-order valence-electron chi connectivity index (χ3n) is 1.79. The number of hydrogen-bond acceptors (Lipinski definition) is 5.